The van der Waals surface area contributed by atoms with Gasteiger partial charge in [0.15, 0.2) is 0 Å². The molecule has 2 aromatic carbocycles. The summed E-state index contributed by atoms with van der Waals surface area (Å²) in [4.78, 5) is 26.5. The highest BCUT2D eigenvalue weighted by Crippen LogP contribution is 2.34. The molecule has 7 nitrogen and oxygen atoms in total. The lowest BCUT2D eigenvalue weighted by Crippen LogP contribution is -2.24. The third-order valence-electron chi connectivity index (χ3n) is 5.24. The van der Waals surface area contributed by atoms with E-state index in [1.807, 2.05) is 31.2 Å². The number of aryl methyl sites for hydroxylation is 1. The average Bonchev–Trinajstić information content (AvgIpc) is 3.39. The number of aromatic nitrogens is 2. The van der Waals surface area contributed by atoms with Crippen molar-refractivity contribution in [2.75, 3.05) is 23.4 Å². The minimum absolute atomic E-state index is 0.0269. The maximum atomic E-state index is 12.5. The van der Waals surface area contributed by atoms with Crippen LogP contribution in [0.25, 0.3) is 0 Å². The zero-order valence-corrected chi connectivity index (χ0v) is 20.2. The zero-order chi connectivity index (χ0) is 23.4. The Bertz CT molecular complexity index is 1150. The molecule has 4 rings (SSSR count). The Morgan fingerprint density at radius 2 is 1.94 bits per heavy atom. The van der Waals surface area contributed by atoms with Gasteiger partial charge in [0.05, 0.1) is 6.61 Å². The quantitative estimate of drug-likeness (QED) is 0.411. The van der Waals surface area contributed by atoms with Gasteiger partial charge >= 0.3 is 0 Å². The molecule has 1 aliphatic heterocycles. The SMILES string of the molecule is Cc1cc(Cl)ccc1OCCCC(=O)Nc1nnc(C2CC(=O)N(c3ccc(Cl)cc3)C2)s1. The van der Waals surface area contributed by atoms with E-state index in [9.17, 15) is 9.59 Å². The molecule has 172 valence electrons. The molecule has 1 saturated heterocycles. The molecule has 1 unspecified atom stereocenters. The highest BCUT2D eigenvalue weighted by Gasteiger charge is 2.34. The van der Waals surface area contributed by atoms with Crippen LogP contribution in [0.15, 0.2) is 42.5 Å². The number of nitrogens with zero attached hydrogens (tertiary/aromatic N) is 3. The summed E-state index contributed by atoms with van der Waals surface area (Å²) >= 11 is 13.2. The number of halogens is 2. The monoisotopic (exact) mass is 504 g/mol. The van der Waals surface area contributed by atoms with Gasteiger partial charge in [-0.25, -0.2) is 0 Å². The van der Waals surface area contributed by atoms with Gasteiger partial charge in [0.25, 0.3) is 0 Å². The van der Waals surface area contributed by atoms with Gasteiger partial charge in [-0.15, -0.1) is 10.2 Å². The fraction of sp³-hybridized carbons (Fsp3) is 0.304. The molecule has 1 fully saturated rings. The van der Waals surface area contributed by atoms with Gasteiger partial charge in [-0.2, -0.15) is 0 Å². The first kappa shape index (κ1) is 23.5. The molecule has 2 heterocycles. The van der Waals surface area contributed by atoms with E-state index in [1.54, 1.807) is 23.1 Å². The fourth-order valence-corrected chi connectivity index (χ4v) is 4.77. The molecule has 1 N–H and O–H groups in total. The fourth-order valence-electron chi connectivity index (χ4n) is 3.57. The minimum atomic E-state index is -0.153. The van der Waals surface area contributed by atoms with Crippen molar-refractivity contribution in [2.45, 2.75) is 32.1 Å². The van der Waals surface area contributed by atoms with Gasteiger partial charge < -0.3 is 15.0 Å². The van der Waals surface area contributed by atoms with E-state index in [1.165, 1.54) is 11.3 Å². The summed E-state index contributed by atoms with van der Waals surface area (Å²) in [5, 5.41) is 13.5. The molecule has 0 saturated carbocycles. The number of carbonyl (C=O) groups is 2. The minimum Gasteiger partial charge on any atom is -0.493 e. The van der Waals surface area contributed by atoms with Crippen LogP contribution in [-0.4, -0.2) is 35.2 Å². The lowest BCUT2D eigenvalue weighted by Gasteiger charge is -2.16. The molecule has 0 aliphatic carbocycles. The maximum Gasteiger partial charge on any atom is 0.227 e. The van der Waals surface area contributed by atoms with Crippen LogP contribution in [0.1, 0.15) is 35.8 Å². The molecule has 33 heavy (non-hydrogen) atoms. The van der Waals surface area contributed by atoms with Gasteiger partial charge in [0, 0.05) is 41.0 Å². The molecule has 1 atom stereocenters. The van der Waals surface area contributed by atoms with E-state index in [2.05, 4.69) is 15.5 Å². The highest BCUT2D eigenvalue weighted by atomic mass is 35.5. The van der Waals surface area contributed by atoms with Gasteiger partial charge in [0.1, 0.15) is 10.8 Å². The van der Waals surface area contributed by atoms with Crippen LogP contribution in [0.5, 0.6) is 5.75 Å². The third-order valence-corrected chi connectivity index (χ3v) is 6.73. The zero-order valence-electron chi connectivity index (χ0n) is 17.9. The number of nitrogens with one attached hydrogen (secondary N) is 1. The van der Waals surface area contributed by atoms with Crippen molar-refractivity contribution in [1.29, 1.82) is 0 Å². The van der Waals surface area contributed by atoms with Gasteiger partial charge in [-0.05, 0) is 61.4 Å². The average molecular weight is 505 g/mol. The largest absolute Gasteiger partial charge is 0.493 e. The Morgan fingerprint density at radius 3 is 2.70 bits per heavy atom. The van der Waals surface area contributed by atoms with Crippen molar-refractivity contribution in [2.24, 2.45) is 0 Å². The summed E-state index contributed by atoms with van der Waals surface area (Å²) in [6.45, 7) is 2.86. The number of carbonyl (C=O) groups excluding carboxylic acids is 2. The molecule has 1 aliphatic rings. The smallest absolute Gasteiger partial charge is 0.227 e. The lowest BCUT2D eigenvalue weighted by atomic mass is 10.1. The first-order valence-corrected chi connectivity index (χ1v) is 12.0. The summed E-state index contributed by atoms with van der Waals surface area (Å²) in [5.74, 6) is 0.568. The summed E-state index contributed by atoms with van der Waals surface area (Å²) in [6, 6.07) is 12.6. The van der Waals surface area contributed by atoms with E-state index < -0.39 is 0 Å². The Hall–Kier alpha value is -2.68. The molecule has 2 amide bonds. The summed E-state index contributed by atoms with van der Waals surface area (Å²) in [7, 11) is 0. The van der Waals surface area contributed by atoms with Crippen molar-refractivity contribution >= 4 is 57.2 Å². The van der Waals surface area contributed by atoms with Crippen molar-refractivity contribution in [3.8, 4) is 5.75 Å². The number of rotatable bonds is 8. The lowest BCUT2D eigenvalue weighted by molar-refractivity contribution is -0.117. The van der Waals surface area contributed by atoms with Crippen LogP contribution >= 0.6 is 34.5 Å². The van der Waals surface area contributed by atoms with Crippen molar-refractivity contribution < 1.29 is 14.3 Å². The van der Waals surface area contributed by atoms with Crippen LogP contribution in [0, 0.1) is 6.92 Å². The highest BCUT2D eigenvalue weighted by molar-refractivity contribution is 7.15. The van der Waals surface area contributed by atoms with Crippen LogP contribution in [0.2, 0.25) is 10.0 Å². The Balaban J connectivity index is 1.25. The van der Waals surface area contributed by atoms with E-state index in [-0.39, 0.29) is 17.7 Å². The Morgan fingerprint density at radius 1 is 1.18 bits per heavy atom. The van der Waals surface area contributed by atoms with Gasteiger partial charge in [-0.3, -0.25) is 9.59 Å². The third kappa shape index (κ3) is 6.01. The molecular formula is C23H22Cl2N4O3S. The van der Waals surface area contributed by atoms with Crippen LogP contribution in [0.3, 0.4) is 0 Å². The molecule has 10 heteroatoms. The van der Waals surface area contributed by atoms with Crippen LogP contribution in [0.4, 0.5) is 10.8 Å². The standard InChI is InChI=1S/C23H22Cl2N4O3S/c1-14-11-17(25)6-9-19(14)32-10-2-3-20(30)26-23-28-27-22(33-23)15-12-21(31)29(13-15)18-7-4-16(24)5-8-18/h4-9,11,15H,2-3,10,12-13H2,1H3,(H,26,28,30). The van der Waals surface area contributed by atoms with E-state index in [4.69, 9.17) is 27.9 Å². The molecule has 0 spiro atoms. The van der Waals surface area contributed by atoms with Crippen molar-refractivity contribution in [3.05, 3.63) is 63.1 Å². The topological polar surface area (TPSA) is 84.4 Å². The molecular weight excluding hydrogens is 483 g/mol. The van der Waals surface area contributed by atoms with Crippen LogP contribution in [-0.2, 0) is 9.59 Å². The van der Waals surface area contributed by atoms with E-state index >= 15 is 0 Å². The second kappa shape index (κ2) is 10.5. The number of anilines is 2. The molecule has 1 aromatic heterocycles. The first-order valence-electron chi connectivity index (χ1n) is 10.5. The van der Waals surface area contributed by atoms with Crippen molar-refractivity contribution in [3.63, 3.8) is 0 Å². The summed E-state index contributed by atoms with van der Waals surface area (Å²) in [6.07, 6.45) is 1.22. The summed E-state index contributed by atoms with van der Waals surface area (Å²) < 4.78 is 5.72. The number of amides is 2. The summed E-state index contributed by atoms with van der Waals surface area (Å²) in [5.41, 5.74) is 1.76. The van der Waals surface area contributed by atoms with Gasteiger partial charge in [-0.1, -0.05) is 34.5 Å². The van der Waals surface area contributed by atoms with Gasteiger partial charge in [0.2, 0.25) is 16.9 Å². The predicted molar refractivity (Wildman–Crippen MR) is 131 cm³/mol. The predicted octanol–water partition coefficient (Wildman–Crippen LogP) is 5.47. The Labute approximate surface area is 205 Å². The normalized spacial score (nSPS) is 15.7. The number of hydrogen-bond acceptors (Lipinski definition) is 6. The first-order chi connectivity index (χ1) is 15.9. The van der Waals surface area contributed by atoms with Crippen LogP contribution < -0.4 is 15.0 Å². The number of hydrogen-bond donors (Lipinski definition) is 1. The Kier molecular flexibility index (Phi) is 7.47. The molecule has 0 radical (unpaired) electrons. The number of ether oxygens (including phenoxy) is 1. The molecule has 0 bridgehead atoms. The number of benzene rings is 2. The van der Waals surface area contributed by atoms with Crippen molar-refractivity contribution in [1.82, 2.24) is 10.2 Å². The second-order valence-corrected chi connectivity index (χ2v) is 9.62. The molecule has 3 aromatic rings. The second-order valence-electron chi connectivity index (χ2n) is 7.74. The van der Waals surface area contributed by atoms with E-state index in [0.29, 0.717) is 47.6 Å². The maximum absolute atomic E-state index is 12.5. The van der Waals surface area contributed by atoms with E-state index in [0.717, 1.165) is 22.0 Å².